The molecule has 1 fully saturated rings. The van der Waals surface area contributed by atoms with Gasteiger partial charge < -0.3 is 16.0 Å². The second kappa shape index (κ2) is 5.29. The highest BCUT2D eigenvalue weighted by Crippen LogP contribution is 2.23. The molecule has 0 saturated carbocycles. The van der Waals surface area contributed by atoms with E-state index in [4.69, 9.17) is 5.73 Å². The third kappa shape index (κ3) is 2.75. The zero-order valence-corrected chi connectivity index (χ0v) is 10.1. The molecule has 0 aromatic carbocycles. The van der Waals surface area contributed by atoms with E-state index in [9.17, 15) is 8.78 Å². The number of rotatable bonds is 2. The number of halogens is 2. The Morgan fingerprint density at radius 1 is 1.35 bits per heavy atom. The number of hydrogen-bond donors (Lipinski definition) is 2. The minimum atomic E-state index is -2.43. The molecule has 98 valence electrons. The van der Waals surface area contributed by atoms with Crippen LogP contribution in [0, 0.1) is 0 Å². The van der Waals surface area contributed by atoms with Gasteiger partial charge in [-0.1, -0.05) is 0 Å². The van der Waals surface area contributed by atoms with Crippen molar-refractivity contribution in [2.45, 2.75) is 18.5 Å². The zero-order valence-electron chi connectivity index (χ0n) is 10.1. The number of alkyl halides is 2. The lowest BCUT2D eigenvalue weighted by atomic mass is 9.95. The normalized spacial score (nSPS) is 32.4. The van der Waals surface area contributed by atoms with E-state index in [2.05, 4.69) is 15.1 Å². The summed E-state index contributed by atoms with van der Waals surface area (Å²) in [4.78, 5) is 4.29. The third-order valence-electron chi connectivity index (χ3n) is 3.55. The Kier molecular flexibility index (Phi) is 3.96. The molecule has 0 aromatic rings. The molecule has 17 heavy (non-hydrogen) atoms. The van der Waals surface area contributed by atoms with Crippen molar-refractivity contribution in [2.24, 2.45) is 5.73 Å². The summed E-state index contributed by atoms with van der Waals surface area (Å²) in [5.74, 6) is 0. The molecule has 2 atom stereocenters. The lowest BCUT2D eigenvalue weighted by Crippen LogP contribution is -2.60. The maximum Gasteiger partial charge on any atom is 0.263 e. The maximum atomic E-state index is 13.0. The molecular formula is C11H20F2N4. The van der Waals surface area contributed by atoms with Gasteiger partial charge in [0.05, 0.1) is 6.04 Å². The molecule has 3 N–H and O–H groups in total. The first-order chi connectivity index (χ1) is 8.09. The topological polar surface area (TPSA) is 44.5 Å². The largest absolute Gasteiger partial charge is 0.389 e. The number of nitrogens with one attached hydrogen (secondary N) is 1. The van der Waals surface area contributed by atoms with Crippen LogP contribution in [0.15, 0.2) is 11.8 Å². The average molecular weight is 246 g/mol. The van der Waals surface area contributed by atoms with Crippen LogP contribution in [0.4, 0.5) is 8.78 Å². The van der Waals surface area contributed by atoms with Crippen LogP contribution >= 0.6 is 0 Å². The Morgan fingerprint density at radius 2 is 2.00 bits per heavy atom. The molecule has 0 aromatic heterocycles. The minimum Gasteiger partial charge on any atom is -0.389 e. The van der Waals surface area contributed by atoms with E-state index in [1.165, 1.54) is 6.20 Å². The van der Waals surface area contributed by atoms with Gasteiger partial charge in [0.25, 0.3) is 6.43 Å². The van der Waals surface area contributed by atoms with Crippen molar-refractivity contribution in [1.29, 1.82) is 0 Å². The van der Waals surface area contributed by atoms with Crippen LogP contribution in [-0.4, -0.2) is 68.1 Å². The first-order valence-electron chi connectivity index (χ1n) is 5.99. The quantitative estimate of drug-likeness (QED) is 0.701. The molecule has 2 heterocycles. The molecule has 4 nitrogen and oxygen atoms in total. The molecule has 2 rings (SSSR count). The summed E-state index contributed by atoms with van der Waals surface area (Å²) < 4.78 is 25.9. The molecule has 0 bridgehead atoms. The third-order valence-corrected chi connectivity index (χ3v) is 3.55. The minimum absolute atomic E-state index is 0.133. The van der Waals surface area contributed by atoms with Gasteiger partial charge in [-0.3, -0.25) is 4.90 Å². The van der Waals surface area contributed by atoms with Crippen molar-refractivity contribution in [1.82, 2.24) is 15.1 Å². The van der Waals surface area contributed by atoms with Gasteiger partial charge in [0, 0.05) is 50.5 Å². The lowest BCUT2D eigenvalue weighted by molar-refractivity contribution is 0.0843. The van der Waals surface area contributed by atoms with Crippen molar-refractivity contribution in [3.8, 4) is 0 Å². The van der Waals surface area contributed by atoms with E-state index in [-0.39, 0.29) is 17.7 Å². The van der Waals surface area contributed by atoms with Gasteiger partial charge in [0.15, 0.2) is 0 Å². The zero-order chi connectivity index (χ0) is 12.4. The first-order valence-corrected chi connectivity index (χ1v) is 5.99. The summed E-state index contributed by atoms with van der Waals surface area (Å²) in [6.45, 7) is 3.99. The molecule has 1 saturated heterocycles. The fourth-order valence-corrected chi connectivity index (χ4v) is 2.53. The van der Waals surface area contributed by atoms with Gasteiger partial charge in [-0.15, -0.1) is 0 Å². The Labute approximate surface area is 100 Å². The number of nitrogens with two attached hydrogens (primary N) is 1. The van der Waals surface area contributed by atoms with Crippen molar-refractivity contribution >= 4 is 0 Å². The average Bonchev–Trinajstić information content (AvgIpc) is 2.30. The van der Waals surface area contributed by atoms with Crippen LogP contribution in [0.3, 0.4) is 0 Å². The molecule has 2 unspecified atom stereocenters. The van der Waals surface area contributed by atoms with Crippen LogP contribution in [0.1, 0.15) is 0 Å². The van der Waals surface area contributed by atoms with Crippen LogP contribution in [0.25, 0.3) is 0 Å². The van der Waals surface area contributed by atoms with E-state index in [0.717, 1.165) is 26.2 Å². The number of hydrogen-bond acceptors (Lipinski definition) is 4. The van der Waals surface area contributed by atoms with E-state index >= 15 is 0 Å². The molecule has 0 spiro atoms. The highest BCUT2D eigenvalue weighted by Gasteiger charge is 2.35. The lowest BCUT2D eigenvalue weighted by Gasteiger charge is -2.42. The highest BCUT2D eigenvalue weighted by molar-refractivity contribution is 5.20. The SMILES string of the molecule is CN1CCN(C2C(C(F)F)=CNCC2N)CC1. The second-order valence-corrected chi connectivity index (χ2v) is 4.80. The van der Waals surface area contributed by atoms with E-state index in [1.807, 2.05) is 7.05 Å². The monoisotopic (exact) mass is 246 g/mol. The summed E-state index contributed by atoms with van der Waals surface area (Å²) in [6.07, 6.45) is -0.990. The number of nitrogens with zero attached hydrogens (tertiary/aromatic N) is 2. The van der Waals surface area contributed by atoms with Crippen molar-refractivity contribution < 1.29 is 8.78 Å². The van der Waals surface area contributed by atoms with Gasteiger partial charge in [0.1, 0.15) is 0 Å². The molecular weight excluding hydrogens is 226 g/mol. The molecule has 2 aliphatic heterocycles. The smallest absolute Gasteiger partial charge is 0.263 e. The van der Waals surface area contributed by atoms with E-state index < -0.39 is 6.43 Å². The molecule has 0 aliphatic carbocycles. The van der Waals surface area contributed by atoms with Crippen LogP contribution in [-0.2, 0) is 0 Å². The van der Waals surface area contributed by atoms with Gasteiger partial charge in [-0.25, -0.2) is 8.78 Å². The number of likely N-dealkylation sites (N-methyl/N-ethyl adjacent to an activating group) is 1. The van der Waals surface area contributed by atoms with Gasteiger partial charge in [0.2, 0.25) is 0 Å². The predicted octanol–water partition coefficient (Wildman–Crippen LogP) is -0.318. The van der Waals surface area contributed by atoms with Gasteiger partial charge in [-0.05, 0) is 7.05 Å². The van der Waals surface area contributed by atoms with Crippen molar-refractivity contribution in [3.63, 3.8) is 0 Å². The van der Waals surface area contributed by atoms with Crippen molar-refractivity contribution in [3.05, 3.63) is 11.8 Å². The fourth-order valence-electron chi connectivity index (χ4n) is 2.53. The molecule has 6 heteroatoms. The molecule has 0 amide bonds. The van der Waals surface area contributed by atoms with Crippen LogP contribution in [0.2, 0.25) is 0 Å². The van der Waals surface area contributed by atoms with Crippen LogP contribution < -0.4 is 11.1 Å². The summed E-state index contributed by atoms with van der Waals surface area (Å²) in [7, 11) is 2.05. The highest BCUT2D eigenvalue weighted by atomic mass is 19.3. The molecule has 0 radical (unpaired) electrons. The van der Waals surface area contributed by atoms with Gasteiger partial charge in [-0.2, -0.15) is 0 Å². The van der Waals surface area contributed by atoms with E-state index in [1.54, 1.807) is 0 Å². The Hall–Kier alpha value is -0.720. The summed E-state index contributed by atoms with van der Waals surface area (Å²) in [5.41, 5.74) is 6.11. The standard InChI is InChI=1S/C11H20F2N4/c1-16-2-4-17(5-3-16)10-8(11(12)13)6-15-7-9(10)14/h6,9-11,15H,2-5,7,14H2,1H3. The van der Waals surface area contributed by atoms with Crippen LogP contribution in [0.5, 0.6) is 0 Å². The van der Waals surface area contributed by atoms with Gasteiger partial charge >= 0.3 is 0 Å². The predicted molar refractivity (Wildman–Crippen MR) is 62.9 cm³/mol. The first kappa shape index (κ1) is 12.7. The maximum absolute atomic E-state index is 13.0. The summed E-state index contributed by atoms with van der Waals surface area (Å²) >= 11 is 0. The fraction of sp³-hybridized carbons (Fsp3) is 0.818. The Balaban J connectivity index is 2.10. The molecule has 2 aliphatic rings. The summed E-state index contributed by atoms with van der Waals surface area (Å²) in [6, 6.07) is -0.572. The number of piperazine rings is 1. The van der Waals surface area contributed by atoms with E-state index in [0.29, 0.717) is 6.54 Å². The van der Waals surface area contributed by atoms with Crippen molar-refractivity contribution in [2.75, 3.05) is 39.8 Å². The Bertz CT molecular complexity index is 287. The second-order valence-electron chi connectivity index (χ2n) is 4.80. The summed E-state index contributed by atoms with van der Waals surface area (Å²) in [5, 5.41) is 2.84. The Morgan fingerprint density at radius 3 is 2.59 bits per heavy atom.